The van der Waals surface area contributed by atoms with Crippen molar-refractivity contribution in [3.8, 4) is 0 Å². The highest BCUT2D eigenvalue weighted by molar-refractivity contribution is 5.76. The molecule has 1 aromatic heterocycles. The second-order valence-electron chi connectivity index (χ2n) is 6.45. The Morgan fingerprint density at radius 3 is 2.70 bits per heavy atom. The largest absolute Gasteiger partial charge is 0.395 e. The van der Waals surface area contributed by atoms with Gasteiger partial charge < -0.3 is 20.3 Å². The number of β-amino-alcohol motifs (C(OH)–C–C–N with tert-alkyl or cyclic N) is 1. The van der Waals surface area contributed by atoms with E-state index in [1.165, 1.54) is 5.52 Å². The Morgan fingerprint density at radius 1 is 1.30 bits per heavy atom. The second-order valence-corrected chi connectivity index (χ2v) is 6.45. The van der Waals surface area contributed by atoms with E-state index in [0.29, 0.717) is 18.4 Å². The summed E-state index contributed by atoms with van der Waals surface area (Å²) in [5, 5.41) is 9.09. The lowest BCUT2D eigenvalue weighted by Gasteiger charge is -2.35. The third kappa shape index (κ3) is 3.27. The minimum atomic E-state index is 0.247. The van der Waals surface area contributed by atoms with Crippen LogP contribution < -0.4 is 5.73 Å². The lowest BCUT2D eigenvalue weighted by atomic mass is 9.83. The summed E-state index contributed by atoms with van der Waals surface area (Å²) in [4.78, 5) is 7.25. The van der Waals surface area contributed by atoms with E-state index in [1.54, 1.807) is 0 Å². The van der Waals surface area contributed by atoms with E-state index in [2.05, 4.69) is 34.6 Å². The van der Waals surface area contributed by atoms with Gasteiger partial charge in [0.1, 0.15) is 5.82 Å². The number of benzene rings is 1. The van der Waals surface area contributed by atoms with Crippen LogP contribution in [0.15, 0.2) is 24.3 Å². The Bertz CT molecular complexity index is 631. The van der Waals surface area contributed by atoms with Crippen LogP contribution in [0.5, 0.6) is 0 Å². The van der Waals surface area contributed by atoms with Crippen molar-refractivity contribution in [2.45, 2.75) is 32.2 Å². The van der Waals surface area contributed by atoms with Gasteiger partial charge in [-0.2, -0.15) is 0 Å². The monoisotopic (exact) mass is 316 g/mol. The SMILES string of the molecule is CCn1c(C(CN)C2CCN(CCO)CC2)nc2ccccc21. The van der Waals surface area contributed by atoms with E-state index < -0.39 is 0 Å². The van der Waals surface area contributed by atoms with Gasteiger partial charge in [0, 0.05) is 25.6 Å². The van der Waals surface area contributed by atoms with Gasteiger partial charge in [0.2, 0.25) is 0 Å². The van der Waals surface area contributed by atoms with E-state index in [0.717, 1.165) is 50.4 Å². The van der Waals surface area contributed by atoms with Crippen LogP contribution in [-0.2, 0) is 6.54 Å². The molecule has 1 aromatic carbocycles. The van der Waals surface area contributed by atoms with Gasteiger partial charge in [0.25, 0.3) is 0 Å². The Kier molecular flexibility index (Phi) is 5.30. The van der Waals surface area contributed by atoms with Crippen molar-refractivity contribution in [2.24, 2.45) is 11.7 Å². The fourth-order valence-electron chi connectivity index (χ4n) is 3.94. The highest BCUT2D eigenvalue weighted by atomic mass is 16.3. The van der Waals surface area contributed by atoms with Crippen molar-refractivity contribution in [3.05, 3.63) is 30.1 Å². The summed E-state index contributed by atoms with van der Waals surface area (Å²) in [7, 11) is 0. The molecule has 0 radical (unpaired) electrons. The molecule has 1 unspecified atom stereocenters. The van der Waals surface area contributed by atoms with Crippen LogP contribution in [0.2, 0.25) is 0 Å². The quantitative estimate of drug-likeness (QED) is 0.853. The van der Waals surface area contributed by atoms with Gasteiger partial charge >= 0.3 is 0 Å². The van der Waals surface area contributed by atoms with Gasteiger partial charge in [-0.25, -0.2) is 4.98 Å². The van der Waals surface area contributed by atoms with E-state index in [-0.39, 0.29) is 6.61 Å². The lowest BCUT2D eigenvalue weighted by Crippen LogP contribution is -2.39. The Hall–Kier alpha value is -1.43. The molecule has 0 spiro atoms. The zero-order valence-corrected chi connectivity index (χ0v) is 14.0. The van der Waals surface area contributed by atoms with Crippen LogP contribution in [0.4, 0.5) is 0 Å². The van der Waals surface area contributed by atoms with Crippen molar-refractivity contribution in [1.82, 2.24) is 14.5 Å². The van der Waals surface area contributed by atoms with Crippen molar-refractivity contribution in [2.75, 3.05) is 32.8 Å². The average molecular weight is 316 g/mol. The second kappa shape index (κ2) is 7.43. The van der Waals surface area contributed by atoms with E-state index in [1.807, 2.05) is 6.07 Å². The smallest absolute Gasteiger partial charge is 0.114 e. The number of likely N-dealkylation sites (tertiary alicyclic amines) is 1. The minimum Gasteiger partial charge on any atom is -0.395 e. The summed E-state index contributed by atoms with van der Waals surface area (Å²) in [6, 6.07) is 8.35. The molecule has 2 aromatic rings. The Morgan fingerprint density at radius 2 is 2.04 bits per heavy atom. The highest BCUT2D eigenvalue weighted by Gasteiger charge is 2.30. The Balaban J connectivity index is 1.84. The number of hydrogen-bond acceptors (Lipinski definition) is 4. The van der Waals surface area contributed by atoms with Crippen LogP contribution in [-0.4, -0.2) is 52.3 Å². The zero-order chi connectivity index (χ0) is 16.2. The highest BCUT2D eigenvalue weighted by Crippen LogP contribution is 2.33. The average Bonchev–Trinajstić information content (AvgIpc) is 2.95. The van der Waals surface area contributed by atoms with Crippen LogP contribution in [0.1, 0.15) is 31.5 Å². The molecule has 23 heavy (non-hydrogen) atoms. The molecule has 5 heteroatoms. The van der Waals surface area contributed by atoms with Gasteiger partial charge in [-0.15, -0.1) is 0 Å². The van der Waals surface area contributed by atoms with Crippen molar-refractivity contribution in [1.29, 1.82) is 0 Å². The van der Waals surface area contributed by atoms with Gasteiger partial charge in [0.15, 0.2) is 0 Å². The van der Waals surface area contributed by atoms with E-state index >= 15 is 0 Å². The molecule has 1 atom stereocenters. The molecular formula is C18H28N4O. The summed E-state index contributed by atoms with van der Waals surface area (Å²) in [5.41, 5.74) is 8.45. The van der Waals surface area contributed by atoms with Crippen molar-refractivity contribution >= 4 is 11.0 Å². The summed E-state index contributed by atoms with van der Waals surface area (Å²) in [6.07, 6.45) is 2.27. The third-order valence-electron chi connectivity index (χ3n) is 5.20. The topological polar surface area (TPSA) is 67.3 Å². The molecule has 126 valence electrons. The first-order chi connectivity index (χ1) is 11.3. The Labute approximate surface area is 138 Å². The number of para-hydroxylation sites is 2. The molecule has 5 nitrogen and oxygen atoms in total. The maximum absolute atomic E-state index is 9.09. The normalized spacial score (nSPS) is 18.6. The van der Waals surface area contributed by atoms with Gasteiger partial charge in [-0.05, 0) is 50.9 Å². The molecule has 0 aliphatic carbocycles. The number of aliphatic hydroxyl groups is 1. The van der Waals surface area contributed by atoms with E-state index in [4.69, 9.17) is 15.8 Å². The first-order valence-electron chi connectivity index (χ1n) is 8.77. The maximum atomic E-state index is 9.09. The molecule has 1 aliphatic rings. The number of imidazole rings is 1. The fourth-order valence-corrected chi connectivity index (χ4v) is 3.94. The molecule has 2 heterocycles. The first kappa shape index (κ1) is 16.4. The number of rotatable bonds is 6. The fraction of sp³-hybridized carbons (Fsp3) is 0.611. The van der Waals surface area contributed by atoms with Crippen molar-refractivity contribution in [3.63, 3.8) is 0 Å². The summed E-state index contributed by atoms with van der Waals surface area (Å²) in [6.45, 7) is 6.88. The zero-order valence-electron chi connectivity index (χ0n) is 14.0. The van der Waals surface area contributed by atoms with Gasteiger partial charge in [-0.1, -0.05) is 12.1 Å². The molecule has 0 amide bonds. The number of aryl methyl sites for hydroxylation is 1. The number of aliphatic hydroxyl groups excluding tert-OH is 1. The molecule has 0 bridgehead atoms. The molecule has 1 fully saturated rings. The maximum Gasteiger partial charge on any atom is 0.114 e. The number of piperidine rings is 1. The molecule has 0 saturated carbocycles. The number of nitrogens with two attached hydrogens (primary N) is 1. The lowest BCUT2D eigenvalue weighted by molar-refractivity contribution is 0.137. The first-order valence-corrected chi connectivity index (χ1v) is 8.77. The number of hydrogen-bond donors (Lipinski definition) is 2. The number of fused-ring (bicyclic) bond motifs is 1. The number of aromatic nitrogens is 2. The predicted octanol–water partition coefficient (Wildman–Crippen LogP) is 1.80. The van der Waals surface area contributed by atoms with E-state index in [9.17, 15) is 0 Å². The molecule has 1 aliphatic heterocycles. The summed E-state index contributed by atoms with van der Waals surface area (Å²) >= 11 is 0. The summed E-state index contributed by atoms with van der Waals surface area (Å²) in [5.74, 6) is 2.05. The van der Waals surface area contributed by atoms with Crippen LogP contribution in [0.3, 0.4) is 0 Å². The van der Waals surface area contributed by atoms with Gasteiger partial charge in [-0.3, -0.25) is 0 Å². The molecule has 1 saturated heterocycles. The third-order valence-corrected chi connectivity index (χ3v) is 5.20. The van der Waals surface area contributed by atoms with Gasteiger partial charge in [0.05, 0.1) is 17.6 Å². The summed E-state index contributed by atoms with van der Waals surface area (Å²) < 4.78 is 2.33. The van der Waals surface area contributed by atoms with Crippen molar-refractivity contribution < 1.29 is 5.11 Å². The van der Waals surface area contributed by atoms with Crippen LogP contribution in [0.25, 0.3) is 11.0 Å². The number of nitrogens with zero attached hydrogens (tertiary/aromatic N) is 3. The predicted molar refractivity (Wildman–Crippen MR) is 93.5 cm³/mol. The van der Waals surface area contributed by atoms with Crippen LogP contribution >= 0.6 is 0 Å². The van der Waals surface area contributed by atoms with Crippen LogP contribution in [0, 0.1) is 5.92 Å². The molecular weight excluding hydrogens is 288 g/mol. The minimum absolute atomic E-state index is 0.247. The molecule has 3 N–H and O–H groups in total. The molecule has 3 rings (SSSR count). The standard InChI is InChI=1S/C18H28N4O/c1-2-22-17-6-4-3-5-16(17)20-18(22)15(13-19)14-7-9-21(10-8-14)11-12-23/h3-6,14-15,23H,2,7-13,19H2,1H3.